The molecule has 0 bridgehead atoms. The first-order valence-electron chi connectivity index (χ1n) is 14.0. The van der Waals surface area contributed by atoms with Crippen molar-refractivity contribution in [1.29, 1.82) is 0 Å². The van der Waals surface area contributed by atoms with Crippen LogP contribution in [0.4, 0.5) is 5.69 Å². The van der Waals surface area contributed by atoms with Crippen LogP contribution in [0.3, 0.4) is 0 Å². The van der Waals surface area contributed by atoms with Gasteiger partial charge in [-0.15, -0.1) is 0 Å². The number of benzene rings is 3. The maximum absolute atomic E-state index is 13.9. The van der Waals surface area contributed by atoms with Gasteiger partial charge in [0.05, 0.1) is 11.9 Å². The zero-order valence-corrected chi connectivity index (χ0v) is 26.8. The first-order valence-corrected chi connectivity index (χ1v) is 16.6. The predicted octanol–water partition coefficient (Wildman–Crippen LogP) is 6.40. The van der Waals surface area contributed by atoms with Gasteiger partial charge >= 0.3 is 0 Å². The zero-order chi connectivity index (χ0) is 30.9. The van der Waals surface area contributed by atoms with Crippen molar-refractivity contribution in [2.75, 3.05) is 17.1 Å². The van der Waals surface area contributed by atoms with Crippen molar-refractivity contribution in [2.24, 2.45) is 0 Å². The van der Waals surface area contributed by atoms with Gasteiger partial charge in [0.2, 0.25) is 21.8 Å². The second-order valence-corrected chi connectivity index (χ2v) is 13.2. The maximum Gasteiger partial charge on any atom is 0.243 e. The second-order valence-electron chi connectivity index (χ2n) is 10.5. The van der Waals surface area contributed by atoms with Crippen LogP contribution >= 0.6 is 23.2 Å². The molecule has 3 aromatic carbocycles. The average Bonchev–Trinajstić information content (AvgIpc) is 2.94. The predicted molar refractivity (Wildman–Crippen MR) is 171 cm³/mol. The molecule has 2 atom stereocenters. The number of sulfonamides is 1. The van der Waals surface area contributed by atoms with E-state index in [2.05, 4.69) is 5.32 Å². The van der Waals surface area contributed by atoms with E-state index in [0.29, 0.717) is 27.7 Å². The van der Waals surface area contributed by atoms with Gasteiger partial charge in [0.25, 0.3) is 0 Å². The van der Waals surface area contributed by atoms with Crippen LogP contribution in [-0.4, -0.2) is 50.0 Å². The molecule has 0 saturated carbocycles. The molecule has 0 saturated heterocycles. The molecule has 0 heterocycles. The van der Waals surface area contributed by atoms with Gasteiger partial charge in [-0.25, -0.2) is 8.42 Å². The molecule has 2 amide bonds. The number of hydrogen-bond acceptors (Lipinski definition) is 4. The van der Waals surface area contributed by atoms with Crippen LogP contribution in [0.5, 0.6) is 0 Å². The van der Waals surface area contributed by atoms with E-state index in [1.165, 1.54) is 4.31 Å². The van der Waals surface area contributed by atoms with Crippen LogP contribution in [0.1, 0.15) is 49.8 Å². The Bertz CT molecular complexity index is 1470. The van der Waals surface area contributed by atoms with Crippen LogP contribution < -0.4 is 9.62 Å². The second kappa shape index (κ2) is 15.4. The van der Waals surface area contributed by atoms with Crippen molar-refractivity contribution in [2.45, 2.75) is 65.1 Å². The molecule has 0 spiro atoms. The number of carbonyl (C=O) groups excluding carboxylic acids is 2. The van der Waals surface area contributed by atoms with E-state index in [1.54, 1.807) is 42.2 Å². The first-order chi connectivity index (χ1) is 19.9. The molecule has 42 heavy (non-hydrogen) atoms. The Morgan fingerprint density at radius 3 is 2.26 bits per heavy atom. The molecule has 0 radical (unpaired) electrons. The molecular weight excluding hydrogens is 593 g/mol. The van der Waals surface area contributed by atoms with E-state index in [9.17, 15) is 18.0 Å². The van der Waals surface area contributed by atoms with E-state index < -0.39 is 16.1 Å². The molecule has 0 fully saturated rings. The summed E-state index contributed by atoms with van der Waals surface area (Å²) in [5.41, 5.74) is 2.83. The maximum atomic E-state index is 13.9. The Balaban J connectivity index is 1.91. The smallest absolute Gasteiger partial charge is 0.243 e. The highest BCUT2D eigenvalue weighted by Gasteiger charge is 2.31. The quantitative estimate of drug-likeness (QED) is 0.223. The monoisotopic (exact) mass is 631 g/mol. The normalized spacial score (nSPS) is 12.8. The third-order valence-electron chi connectivity index (χ3n) is 7.17. The number of nitrogens with zero attached hydrogens (tertiary/aromatic N) is 2. The number of halogens is 2. The number of nitrogens with one attached hydrogen (secondary N) is 1. The summed E-state index contributed by atoms with van der Waals surface area (Å²) in [5, 5.41) is 4.04. The van der Waals surface area contributed by atoms with Gasteiger partial charge < -0.3 is 10.2 Å². The lowest BCUT2D eigenvalue weighted by Gasteiger charge is -2.33. The number of anilines is 1. The summed E-state index contributed by atoms with van der Waals surface area (Å²) >= 11 is 12.5. The molecule has 0 aliphatic rings. The van der Waals surface area contributed by atoms with E-state index in [1.807, 2.05) is 56.3 Å². The highest BCUT2D eigenvalue weighted by Crippen LogP contribution is 2.28. The number of hydrogen-bond donors (Lipinski definition) is 1. The van der Waals surface area contributed by atoms with E-state index in [-0.39, 0.29) is 43.8 Å². The summed E-state index contributed by atoms with van der Waals surface area (Å²) in [6, 6.07) is 21.0. The summed E-state index contributed by atoms with van der Waals surface area (Å²) < 4.78 is 26.7. The molecule has 0 aromatic heterocycles. The third-order valence-corrected chi connectivity index (χ3v) is 9.00. The zero-order valence-electron chi connectivity index (χ0n) is 24.5. The van der Waals surface area contributed by atoms with Gasteiger partial charge in [0, 0.05) is 42.0 Å². The molecule has 7 nitrogen and oxygen atoms in total. The fourth-order valence-corrected chi connectivity index (χ4v) is 6.07. The van der Waals surface area contributed by atoms with Crippen molar-refractivity contribution in [3.63, 3.8) is 0 Å². The standard InChI is InChI=1S/C32H39Cl2N3O4S/c1-5-23(2)35-32(39)30(21-25-12-7-6-8-13-25)36(22-26-14-9-15-27(33)20-26)31(38)18-11-19-37(42(4,40)41)29-17-10-16-28(34)24(29)3/h6-10,12-17,20,23,30H,5,11,18-19,21-22H2,1-4H3,(H,35,39)/t23-,30+/m1/s1. The lowest BCUT2D eigenvalue weighted by atomic mass is 10.0. The van der Waals surface area contributed by atoms with E-state index in [0.717, 1.165) is 23.8 Å². The van der Waals surface area contributed by atoms with Crippen LogP contribution in [0, 0.1) is 6.92 Å². The molecule has 3 aromatic rings. The average molecular weight is 633 g/mol. The van der Waals surface area contributed by atoms with Crippen molar-refractivity contribution < 1.29 is 18.0 Å². The molecule has 0 unspecified atom stereocenters. The van der Waals surface area contributed by atoms with Crippen LogP contribution in [-0.2, 0) is 32.6 Å². The van der Waals surface area contributed by atoms with Gasteiger partial charge in [-0.2, -0.15) is 0 Å². The number of rotatable bonds is 14. The summed E-state index contributed by atoms with van der Waals surface area (Å²) in [5.74, 6) is -0.498. The Hall–Kier alpha value is -3.07. The van der Waals surface area contributed by atoms with Crippen molar-refractivity contribution >= 4 is 50.7 Å². The Labute approximate surface area is 259 Å². The van der Waals surface area contributed by atoms with Gasteiger partial charge in [-0.3, -0.25) is 13.9 Å². The summed E-state index contributed by atoms with van der Waals surface area (Å²) in [6.07, 6.45) is 2.49. The molecule has 3 rings (SSSR count). The SMILES string of the molecule is CC[C@@H](C)NC(=O)[C@H](Cc1ccccc1)N(Cc1cccc(Cl)c1)C(=O)CCCN(c1cccc(Cl)c1C)S(C)(=O)=O. The number of carbonyl (C=O) groups is 2. The Morgan fingerprint density at radius 2 is 1.62 bits per heavy atom. The van der Waals surface area contributed by atoms with Crippen molar-refractivity contribution in [3.05, 3.63) is 99.5 Å². The number of amides is 2. The molecule has 0 aliphatic carbocycles. The lowest BCUT2D eigenvalue weighted by Crippen LogP contribution is -2.52. The molecular formula is C32H39Cl2N3O4S. The highest BCUT2D eigenvalue weighted by molar-refractivity contribution is 7.92. The summed E-state index contributed by atoms with van der Waals surface area (Å²) in [4.78, 5) is 29.2. The minimum absolute atomic E-state index is 0.0358. The minimum Gasteiger partial charge on any atom is -0.352 e. The van der Waals surface area contributed by atoms with Gasteiger partial charge in [0.15, 0.2) is 0 Å². The van der Waals surface area contributed by atoms with Gasteiger partial charge in [-0.05, 0) is 67.6 Å². The summed E-state index contributed by atoms with van der Waals surface area (Å²) in [7, 11) is -3.64. The van der Waals surface area contributed by atoms with E-state index in [4.69, 9.17) is 23.2 Å². The lowest BCUT2D eigenvalue weighted by molar-refractivity contribution is -0.141. The van der Waals surface area contributed by atoms with Crippen LogP contribution in [0.2, 0.25) is 10.0 Å². The van der Waals surface area contributed by atoms with E-state index >= 15 is 0 Å². The highest BCUT2D eigenvalue weighted by atomic mass is 35.5. The molecule has 10 heteroatoms. The molecule has 0 aliphatic heterocycles. The van der Waals surface area contributed by atoms with Crippen molar-refractivity contribution in [3.8, 4) is 0 Å². The van der Waals surface area contributed by atoms with Gasteiger partial charge in [0.1, 0.15) is 6.04 Å². The van der Waals surface area contributed by atoms with Gasteiger partial charge in [-0.1, -0.05) is 78.7 Å². The van der Waals surface area contributed by atoms with Crippen LogP contribution in [0.25, 0.3) is 0 Å². The minimum atomic E-state index is -3.64. The Morgan fingerprint density at radius 1 is 0.952 bits per heavy atom. The molecule has 226 valence electrons. The largest absolute Gasteiger partial charge is 0.352 e. The van der Waals surface area contributed by atoms with Crippen LogP contribution in [0.15, 0.2) is 72.8 Å². The third kappa shape index (κ3) is 9.48. The van der Waals surface area contributed by atoms with Crippen molar-refractivity contribution in [1.82, 2.24) is 10.2 Å². The molecule has 1 N–H and O–H groups in total. The first kappa shape index (κ1) is 33.4. The fraction of sp³-hybridized carbons (Fsp3) is 0.375. The summed E-state index contributed by atoms with van der Waals surface area (Å²) in [6.45, 7) is 5.93. The topological polar surface area (TPSA) is 86.8 Å². The fourth-order valence-electron chi connectivity index (χ4n) is 4.68. The Kier molecular flexibility index (Phi) is 12.3.